The molecule has 2 aliphatic rings. The van der Waals surface area contributed by atoms with Gasteiger partial charge in [-0.25, -0.2) is 14.4 Å². The minimum Gasteiger partial charge on any atom is -0.482 e. The first-order chi connectivity index (χ1) is 15.8. The monoisotopic (exact) mass is 524 g/mol. The Morgan fingerprint density at radius 2 is 1.88 bits per heavy atom. The molecule has 1 amide bonds. The molecule has 3 aromatic rings. The number of fused-ring (bicyclic) bond motifs is 3. The van der Waals surface area contributed by atoms with Crippen LogP contribution in [0.4, 0.5) is 10.1 Å². The maximum Gasteiger partial charge on any atom is 0.291 e. The number of benzene rings is 2. The van der Waals surface area contributed by atoms with Gasteiger partial charge in [0.2, 0.25) is 0 Å². The second-order valence-electron chi connectivity index (χ2n) is 8.80. The Morgan fingerprint density at radius 3 is 2.59 bits per heavy atom. The molecule has 0 unspecified atom stereocenters. The Bertz CT molecular complexity index is 1240. The van der Waals surface area contributed by atoms with Gasteiger partial charge in [0, 0.05) is 29.7 Å². The fourth-order valence-electron chi connectivity index (χ4n) is 4.61. The fraction of sp³-hybridized carbons (Fsp3) is 0.333. The Hall–Kier alpha value is -2.32. The van der Waals surface area contributed by atoms with Crippen LogP contribution in [0.25, 0.3) is 11.3 Å². The predicted molar refractivity (Wildman–Crippen MR) is 134 cm³/mol. The average Bonchev–Trinajstić information content (AvgIpc) is 3.22. The zero-order valence-electron chi connectivity index (χ0n) is 18.7. The van der Waals surface area contributed by atoms with Gasteiger partial charge in [0.15, 0.2) is 0 Å². The van der Waals surface area contributed by atoms with E-state index in [0.717, 1.165) is 32.4 Å². The van der Waals surface area contributed by atoms with Crippen LogP contribution in [0, 0.1) is 5.82 Å². The number of rotatable bonds is 3. The van der Waals surface area contributed by atoms with Gasteiger partial charge in [-0.1, -0.05) is 29.6 Å². The molecule has 0 bridgehead atoms. The molecule has 6 nitrogen and oxygen atoms in total. The van der Waals surface area contributed by atoms with Crippen LogP contribution < -0.4 is 9.75 Å². The second kappa shape index (κ2) is 9.38. The number of H-pyrrole nitrogens is 1. The molecule has 180 valence electrons. The van der Waals surface area contributed by atoms with E-state index in [1.54, 1.807) is 29.3 Å². The summed E-state index contributed by atoms with van der Waals surface area (Å²) in [7, 11) is 0. The van der Waals surface area contributed by atoms with Crippen LogP contribution in [0.5, 0.6) is 5.75 Å². The summed E-state index contributed by atoms with van der Waals surface area (Å²) in [6.45, 7) is 5.13. The number of halogens is 4. The van der Waals surface area contributed by atoms with Gasteiger partial charge in [0.1, 0.15) is 28.6 Å². The smallest absolute Gasteiger partial charge is 0.291 e. The molecular formula is C24H24Cl3FN4O2. The molecule has 34 heavy (non-hydrogen) atoms. The van der Waals surface area contributed by atoms with Gasteiger partial charge in [0.05, 0.1) is 16.3 Å². The molecule has 0 atom stereocenters. The fourth-order valence-corrected chi connectivity index (χ4v) is 5.09. The molecule has 3 heterocycles. The average molecular weight is 526 g/mol. The summed E-state index contributed by atoms with van der Waals surface area (Å²) in [6.07, 6.45) is 3.06. The first-order valence-electron chi connectivity index (χ1n) is 10.9. The zero-order chi connectivity index (χ0) is 23.3. The van der Waals surface area contributed by atoms with Gasteiger partial charge in [-0.05, 0) is 57.0 Å². The summed E-state index contributed by atoms with van der Waals surface area (Å²) in [4.78, 5) is 14.1. The lowest BCUT2D eigenvalue weighted by Crippen LogP contribution is -2.50. The van der Waals surface area contributed by atoms with E-state index in [1.807, 2.05) is 18.9 Å². The third-order valence-electron chi connectivity index (χ3n) is 6.09. The summed E-state index contributed by atoms with van der Waals surface area (Å²) in [6, 6.07) is 9.40. The first-order valence-corrected chi connectivity index (χ1v) is 11.6. The highest BCUT2D eigenvalue weighted by atomic mass is 35.5. The first kappa shape index (κ1) is 24.8. The van der Waals surface area contributed by atoms with Gasteiger partial charge in [-0.3, -0.25) is 9.89 Å². The van der Waals surface area contributed by atoms with Crippen molar-refractivity contribution in [3.8, 4) is 17.0 Å². The Labute approximate surface area is 213 Å². The molecule has 1 saturated heterocycles. The number of anilines is 1. The predicted octanol–water partition coefficient (Wildman–Crippen LogP) is 6.62. The number of hydrogen-bond acceptors (Lipinski definition) is 4. The van der Waals surface area contributed by atoms with Crippen molar-refractivity contribution >= 4 is 47.2 Å². The molecule has 2 aliphatic heterocycles. The molecule has 2 aromatic carbocycles. The van der Waals surface area contributed by atoms with Crippen molar-refractivity contribution in [2.24, 2.45) is 0 Å². The summed E-state index contributed by atoms with van der Waals surface area (Å²) in [5.74, 6) is -0.294. The number of carbonyl (C=O) groups excluding carboxylic acids is 1. The minimum absolute atomic E-state index is 0. The van der Waals surface area contributed by atoms with E-state index >= 15 is 0 Å². The van der Waals surface area contributed by atoms with Gasteiger partial charge >= 0.3 is 0 Å². The number of carbonyl (C=O) groups is 1. The van der Waals surface area contributed by atoms with Gasteiger partial charge < -0.3 is 4.74 Å². The molecule has 5 rings (SSSR count). The number of amides is 1. The lowest BCUT2D eigenvalue weighted by atomic mass is 9.89. The van der Waals surface area contributed by atoms with Gasteiger partial charge in [-0.2, -0.15) is 5.10 Å². The number of nitrogens with one attached hydrogen (secondary N) is 1. The molecule has 1 fully saturated rings. The van der Waals surface area contributed by atoms with E-state index < -0.39 is 11.4 Å². The largest absolute Gasteiger partial charge is 0.482 e. The van der Waals surface area contributed by atoms with Crippen molar-refractivity contribution in [2.75, 3.05) is 18.1 Å². The summed E-state index contributed by atoms with van der Waals surface area (Å²) >= 11 is 12.7. The number of hydrazine groups is 1. The van der Waals surface area contributed by atoms with Gasteiger partial charge in [0.25, 0.3) is 5.91 Å². The quantitative estimate of drug-likeness (QED) is 0.417. The molecule has 0 saturated carbocycles. The van der Waals surface area contributed by atoms with E-state index in [1.165, 1.54) is 12.1 Å². The highest BCUT2D eigenvalue weighted by Gasteiger charge is 2.41. The van der Waals surface area contributed by atoms with Crippen molar-refractivity contribution < 1.29 is 13.9 Å². The third-order valence-corrected chi connectivity index (χ3v) is 6.63. The number of nitrogens with zero attached hydrogens (tertiary/aromatic N) is 3. The number of aromatic amines is 1. The lowest BCUT2D eigenvalue weighted by Gasteiger charge is -2.38. The highest BCUT2D eigenvalue weighted by molar-refractivity contribution is 6.37. The van der Waals surface area contributed by atoms with Crippen LogP contribution in [0.1, 0.15) is 49.2 Å². The van der Waals surface area contributed by atoms with Crippen LogP contribution in [-0.2, 0) is 5.60 Å². The zero-order valence-corrected chi connectivity index (χ0v) is 21.0. The number of aromatic nitrogens is 2. The second-order valence-corrected chi connectivity index (χ2v) is 9.65. The van der Waals surface area contributed by atoms with Crippen LogP contribution in [0.2, 0.25) is 10.0 Å². The molecule has 10 heteroatoms. The van der Waals surface area contributed by atoms with Crippen molar-refractivity contribution in [3.05, 3.63) is 63.5 Å². The summed E-state index contributed by atoms with van der Waals surface area (Å²) in [5.41, 5.74) is 1.78. The standard InChI is InChI=1S/C24H23Cl2FN4O2.ClH/c1-24(2)20-21(16-8-7-15(27)13-19(16)33-24)28-29-22(20)23(32)31(30-10-4-3-5-11-30)18-9-6-14(25)12-17(18)26;/h6-9,12-13H,3-5,10-11H2,1-2H3,(H,28,29);1H. The number of hydrogen-bond donors (Lipinski definition) is 1. The normalized spacial score (nSPS) is 16.6. The molecular weight excluding hydrogens is 502 g/mol. The topological polar surface area (TPSA) is 61.5 Å². The van der Waals surface area contributed by atoms with E-state index in [2.05, 4.69) is 10.2 Å². The number of piperidine rings is 1. The van der Waals surface area contributed by atoms with Crippen LogP contribution in [0.15, 0.2) is 36.4 Å². The third kappa shape index (κ3) is 4.26. The Kier molecular flexibility index (Phi) is 6.84. The Morgan fingerprint density at radius 1 is 1.15 bits per heavy atom. The van der Waals surface area contributed by atoms with E-state index in [4.69, 9.17) is 27.9 Å². The number of ether oxygens (including phenoxy) is 1. The van der Waals surface area contributed by atoms with Crippen molar-refractivity contribution in [1.29, 1.82) is 0 Å². The van der Waals surface area contributed by atoms with Crippen molar-refractivity contribution in [3.63, 3.8) is 0 Å². The minimum atomic E-state index is -0.911. The van der Waals surface area contributed by atoms with Crippen molar-refractivity contribution in [1.82, 2.24) is 15.2 Å². The van der Waals surface area contributed by atoms with E-state index in [0.29, 0.717) is 44.0 Å². The Balaban J connectivity index is 0.00000274. The summed E-state index contributed by atoms with van der Waals surface area (Å²) < 4.78 is 19.9. The van der Waals surface area contributed by atoms with E-state index in [9.17, 15) is 9.18 Å². The van der Waals surface area contributed by atoms with Gasteiger partial charge in [-0.15, -0.1) is 12.4 Å². The highest BCUT2D eigenvalue weighted by Crippen LogP contribution is 2.46. The maximum atomic E-state index is 14.1. The SMILES string of the molecule is CC1(C)Oc2cc(F)ccc2-c2n[nH]c(C(=O)N(c3ccc(Cl)cc3Cl)N3CCCCC3)c21.Cl. The molecule has 0 spiro atoms. The van der Waals surface area contributed by atoms with Crippen molar-refractivity contribution in [2.45, 2.75) is 38.7 Å². The molecule has 0 aliphatic carbocycles. The maximum absolute atomic E-state index is 14.1. The van der Waals surface area contributed by atoms with E-state index in [-0.39, 0.29) is 18.3 Å². The molecule has 1 aromatic heterocycles. The van der Waals surface area contributed by atoms with Crippen LogP contribution in [-0.4, -0.2) is 34.2 Å². The molecule has 1 N–H and O–H groups in total. The lowest BCUT2D eigenvalue weighted by molar-refractivity contribution is 0.0832. The summed E-state index contributed by atoms with van der Waals surface area (Å²) in [5, 5.41) is 11.9. The van der Waals surface area contributed by atoms with Crippen LogP contribution >= 0.6 is 35.6 Å². The molecule has 0 radical (unpaired) electrons. The van der Waals surface area contributed by atoms with Crippen LogP contribution in [0.3, 0.4) is 0 Å².